The summed E-state index contributed by atoms with van der Waals surface area (Å²) >= 11 is 0. The van der Waals surface area contributed by atoms with Gasteiger partial charge in [0.2, 0.25) is 0 Å². The normalized spacial score (nSPS) is 13.1. The highest BCUT2D eigenvalue weighted by Gasteiger charge is 2.09. The van der Waals surface area contributed by atoms with Crippen LogP contribution in [0.25, 0.3) is 0 Å². The van der Waals surface area contributed by atoms with Crippen LogP contribution in [-0.2, 0) is 6.54 Å². The topological polar surface area (TPSA) is 50.9 Å². The Bertz CT molecular complexity index is 297. The van der Waals surface area contributed by atoms with Crippen molar-refractivity contribution < 1.29 is 0 Å². The van der Waals surface area contributed by atoms with Gasteiger partial charge in [-0.05, 0) is 24.0 Å². The van der Waals surface area contributed by atoms with Crippen molar-refractivity contribution in [3.63, 3.8) is 0 Å². The fourth-order valence-electron chi connectivity index (χ4n) is 1.55. The maximum Gasteiger partial charge on any atom is 0.0313 e. The molecule has 15 heavy (non-hydrogen) atoms. The molecule has 3 nitrogen and oxygen atoms in total. The second-order valence-electron chi connectivity index (χ2n) is 4.34. The zero-order chi connectivity index (χ0) is 11.3. The summed E-state index contributed by atoms with van der Waals surface area (Å²) in [6.07, 6.45) is 3.76. The highest BCUT2D eigenvalue weighted by atomic mass is 14.9. The summed E-state index contributed by atoms with van der Waals surface area (Å²) < 4.78 is 0. The third-order valence-electron chi connectivity index (χ3n) is 2.56. The zero-order valence-electron chi connectivity index (χ0n) is 9.83. The SMILES string of the molecule is Cc1cncc(CNC(CN)C(C)C)c1. The summed E-state index contributed by atoms with van der Waals surface area (Å²) in [5, 5.41) is 3.45. The van der Waals surface area contributed by atoms with Crippen LogP contribution < -0.4 is 11.1 Å². The lowest BCUT2D eigenvalue weighted by atomic mass is 10.0. The predicted octanol–water partition coefficient (Wildman–Crippen LogP) is 1.46. The summed E-state index contributed by atoms with van der Waals surface area (Å²) in [4.78, 5) is 4.16. The van der Waals surface area contributed by atoms with Crippen LogP contribution in [0.4, 0.5) is 0 Å². The van der Waals surface area contributed by atoms with E-state index in [2.05, 4.69) is 37.1 Å². The average molecular weight is 207 g/mol. The number of nitrogens with two attached hydrogens (primary N) is 1. The largest absolute Gasteiger partial charge is 0.329 e. The van der Waals surface area contributed by atoms with Crippen LogP contribution in [0.2, 0.25) is 0 Å². The van der Waals surface area contributed by atoms with Gasteiger partial charge in [-0.1, -0.05) is 19.9 Å². The fourth-order valence-corrected chi connectivity index (χ4v) is 1.55. The molecule has 1 aromatic heterocycles. The summed E-state index contributed by atoms with van der Waals surface area (Å²) in [6, 6.07) is 2.53. The van der Waals surface area contributed by atoms with Crippen LogP contribution >= 0.6 is 0 Å². The molecule has 1 heterocycles. The van der Waals surface area contributed by atoms with Crippen molar-refractivity contribution in [2.45, 2.75) is 33.4 Å². The molecule has 0 bridgehead atoms. The molecule has 84 valence electrons. The van der Waals surface area contributed by atoms with E-state index in [1.54, 1.807) is 0 Å². The van der Waals surface area contributed by atoms with Crippen LogP contribution in [0.15, 0.2) is 18.5 Å². The lowest BCUT2D eigenvalue weighted by Crippen LogP contribution is -2.39. The van der Waals surface area contributed by atoms with E-state index in [0.717, 1.165) is 6.54 Å². The molecule has 3 N–H and O–H groups in total. The van der Waals surface area contributed by atoms with Gasteiger partial charge in [-0.15, -0.1) is 0 Å². The van der Waals surface area contributed by atoms with Crippen LogP contribution in [0.1, 0.15) is 25.0 Å². The van der Waals surface area contributed by atoms with Gasteiger partial charge in [-0.25, -0.2) is 0 Å². The summed E-state index contributed by atoms with van der Waals surface area (Å²) in [6.45, 7) is 7.93. The Hall–Kier alpha value is -0.930. The molecule has 1 atom stereocenters. The van der Waals surface area contributed by atoms with Crippen LogP contribution in [0.5, 0.6) is 0 Å². The Morgan fingerprint density at radius 2 is 2.13 bits per heavy atom. The molecule has 3 heteroatoms. The quantitative estimate of drug-likeness (QED) is 0.768. The van der Waals surface area contributed by atoms with Gasteiger partial charge in [0, 0.05) is 31.5 Å². The average Bonchev–Trinajstić information content (AvgIpc) is 2.18. The van der Waals surface area contributed by atoms with Crippen molar-refractivity contribution in [2.75, 3.05) is 6.54 Å². The van der Waals surface area contributed by atoms with Gasteiger partial charge in [0.05, 0.1) is 0 Å². The second kappa shape index (κ2) is 5.83. The number of rotatable bonds is 5. The van der Waals surface area contributed by atoms with Gasteiger partial charge in [0.1, 0.15) is 0 Å². The number of nitrogens with one attached hydrogen (secondary N) is 1. The van der Waals surface area contributed by atoms with Crippen molar-refractivity contribution in [1.29, 1.82) is 0 Å². The number of hydrogen-bond acceptors (Lipinski definition) is 3. The smallest absolute Gasteiger partial charge is 0.0313 e. The maximum atomic E-state index is 5.69. The van der Waals surface area contributed by atoms with E-state index in [9.17, 15) is 0 Å². The second-order valence-corrected chi connectivity index (χ2v) is 4.34. The summed E-state index contributed by atoms with van der Waals surface area (Å²) in [5.41, 5.74) is 8.10. The van der Waals surface area contributed by atoms with Crippen molar-refractivity contribution in [3.8, 4) is 0 Å². The van der Waals surface area contributed by atoms with Crippen LogP contribution in [0.3, 0.4) is 0 Å². The zero-order valence-corrected chi connectivity index (χ0v) is 9.83. The molecule has 0 aliphatic rings. The number of pyridine rings is 1. The molecule has 0 amide bonds. The molecule has 0 aromatic carbocycles. The van der Waals surface area contributed by atoms with E-state index in [4.69, 9.17) is 5.73 Å². The minimum absolute atomic E-state index is 0.380. The van der Waals surface area contributed by atoms with Gasteiger partial charge >= 0.3 is 0 Å². The molecule has 0 aliphatic heterocycles. The van der Waals surface area contributed by atoms with E-state index < -0.39 is 0 Å². The molecular weight excluding hydrogens is 186 g/mol. The van der Waals surface area contributed by atoms with Gasteiger partial charge in [-0.3, -0.25) is 4.98 Å². The van der Waals surface area contributed by atoms with E-state index in [1.165, 1.54) is 11.1 Å². The van der Waals surface area contributed by atoms with Crippen molar-refractivity contribution >= 4 is 0 Å². The number of hydrogen-bond donors (Lipinski definition) is 2. The Labute approximate surface area is 92.1 Å². The maximum absolute atomic E-state index is 5.69. The first-order valence-corrected chi connectivity index (χ1v) is 5.47. The molecule has 0 spiro atoms. The third kappa shape index (κ3) is 3.98. The highest BCUT2D eigenvalue weighted by molar-refractivity contribution is 5.16. The molecular formula is C12H21N3. The molecule has 0 saturated carbocycles. The van der Waals surface area contributed by atoms with Crippen molar-refractivity contribution in [2.24, 2.45) is 11.7 Å². The number of aryl methyl sites for hydroxylation is 1. The van der Waals surface area contributed by atoms with E-state index in [1.807, 2.05) is 12.4 Å². The standard InChI is InChI=1S/C12H21N3/c1-9(2)12(5-13)15-8-11-4-10(3)6-14-7-11/h4,6-7,9,12,15H,5,8,13H2,1-3H3. The van der Waals surface area contributed by atoms with Gasteiger partial charge in [-0.2, -0.15) is 0 Å². The molecule has 1 unspecified atom stereocenters. The van der Waals surface area contributed by atoms with E-state index in [-0.39, 0.29) is 0 Å². The molecule has 0 fully saturated rings. The lowest BCUT2D eigenvalue weighted by molar-refractivity contribution is 0.405. The molecule has 0 radical (unpaired) electrons. The summed E-state index contributed by atoms with van der Waals surface area (Å²) in [7, 11) is 0. The minimum Gasteiger partial charge on any atom is -0.329 e. The first kappa shape index (κ1) is 12.1. The summed E-state index contributed by atoms with van der Waals surface area (Å²) in [5.74, 6) is 0.563. The van der Waals surface area contributed by atoms with E-state index >= 15 is 0 Å². The Kier molecular flexibility index (Phi) is 4.72. The van der Waals surface area contributed by atoms with Crippen LogP contribution in [0, 0.1) is 12.8 Å². The number of aromatic nitrogens is 1. The van der Waals surface area contributed by atoms with Crippen molar-refractivity contribution in [1.82, 2.24) is 10.3 Å². The number of nitrogens with zero attached hydrogens (tertiary/aromatic N) is 1. The first-order valence-electron chi connectivity index (χ1n) is 5.47. The molecule has 1 aromatic rings. The van der Waals surface area contributed by atoms with Crippen molar-refractivity contribution in [3.05, 3.63) is 29.6 Å². The van der Waals surface area contributed by atoms with E-state index in [0.29, 0.717) is 18.5 Å². The first-order chi connectivity index (χ1) is 7.13. The molecule has 0 aliphatic carbocycles. The third-order valence-corrected chi connectivity index (χ3v) is 2.56. The van der Waals surface area contributed by atoms with Gasteiger partial charge < -0.3 is 11.1 Å². The lowest BCUT2D eigenvalue weighted by Gasteiger charge is -2.20. The Morgan fingerprint density at radius 1 is 1.40 bits per heavy atom. The fraction of sp³-hybridized carbons (Fsp3) is 0.583. The minimum atomic E-state index is 0.380. The molecule has 0 saturated heterocycles. The Balaban J connectivity index is 2.49. The van der Waals surface area contributed by atoms with Crippen LogP contribution in [-0.4, -0.2) is 17.6 Å². The predicted molar refractivity (Wildman–Crippen MR) is 63.5 cm³/mol. The highest BCUT2D eigenvalue weighted by Crippen LogP contribution is 2.04. The van der Waals surface area contributed by atoms with Gasteiger partial charge in [0.25, 0.3) is 0 Å². The van der Waals surface area contributed by atoms with Gasteiger partial charge in [0.15, 0.2) is 0 Å². The monoisotopic (exact) mass is 207 g/mol. The molecule has 1 rings (SSSR count). The Morgan fingerprint density at radius 3 is 2.67 bits per heavy atom.